The molecule has 0 aliphatic heterocycles. The van der Waals surface area contributed by atoms with E-state index < -0.39 is 0 Å². The average molecular weight is 367 g/mol. The fourth-order valence-electron chi connectivity index (χ4n) is 3.94. The van der Waals surface area contributed by atoms with Crippen LogP contribution in [0.2, 0.25) is 0 Å². The Balaban J connectivity index is 2.35. The first-order chi connectivity index (χ1) is 13.3. The summed E-state index contributed by atoms with van der Waals surface area (Å²) < 4.78 is 26.9. The maximum absolute atomic E-state index is 15.9. The van der Waals surface area contributed by atoms with Gasteiger partial charge < -0.3 is 9.47 Å². The zero-order chi connectivity index (χ0) is 20.6. The van der Waals surface area contributed by atoms with Gasteiger partial charge in [-0.05, 0) is 17.7 Å². The Morgan fingerprint density at radius 2 is 1.00 bits per heavy atom. The number of hydrogen-bond acceptors (Lipinski definition) is 2. The smallest absolute Gasteiger partial charge is 0.139 e. The zero-order valence-electron chi connectivity index (χ0n) is 17.7. The van der Waals surface area contributed by atoms with E-state index in [-0.39, 0.29) is 5.82 Å². The van der Waals surface area contributed by atoms with Crippen LogP contribution in [0.5, 0.6) is 11.5 Å². The van der Waals surface area contributed by atoms with E-state index in [1.165, 1.54) is 16.4 Å². The lowest BCUT2D eigenvalue weighted by molar-refractivity contribution is 0.397. The molecular formula is C20H22B5FO2. The highest BCUT2D eigenvalue weighted by Crippen LogP contribution is 2.41. The van der Waals surface area contributed by atoms with Gasteiger partial charge >= 0.3 is 0 Å². The van der Waals surface area contributed by atoms with Crippen molar-refractivity contribution in [2.45, 2.75) is 0 Å². The minimum atomic E-state index is -0.265. The number of methoxy groups -OCH3 is 2. The molecule has 0 aliphatic carbocycles. The fourth-order valence-corrected chi connectivity index (χ4v) is 3.94. The van der Waals surface area contributed by atoms with Crippen LogP contribution in [-0.4, -0.2) is 53.5 Å². The molecule has 0 saturated heterocycles. The normalized spacial score (nSPS) is 10.7. The second kappa shape index (κ2) is 7.87. The highest BCUT2D eigenvalue weighted by Gasteiger charge is 2.21. The van der Waals surface area contributed by atoms with Gasteiger partial charge in [-0.15, -0.1) is 16.4 Å². The van der Waals surface area contributed by atoms with Gasteiger partial charge in [0.05, 0.1) is 19.8 Å². The van der Waals surface area contributed by atoms with Gasteiger partial charge in [0.15, 0.2) is 0 Å². The van der Waals surface area contributed by atoms with Crippen molar-refractivity contribution < 1.29 is 13.9 Å². The summed E-state index contributed by atoms with van der Waals surface area (Å²) in [7, 11) is 13.6. The van der Waals surface area contributed by atoms with E-state index in [4.69, 9.17) is 9.47 Å². The molecule has 3 rings (SSSR count). The molecule has 2 nitrogen and oxygen atoms in total. The van der Waals surface area contributed by atoms with E-state index >= 15 is 4.39 Å². The number of rotatable bonds is 4. The number of benzene rings is 3. The number of hydrogen-bond donors (Lipinski definition) is 0. The first kappa shape index (κ1) is 20.3. The molecule has 136 valence electrons. The van der Waals surface area contributed by atoms with Crippen LogP contribution in [0.15, 0.2) is 36.4 Å². The third-order valence-corrected chi connectivity index (χ3v) is 5.97. The molecule has 0 fully saturated rings. The van der Waals surface area contributed by atoms with Crippen LogP contribution < -0.4 is 36.8 Å². The Hall–Kier alpha value is -2.49. The number of halogens is 1. The minimum Gasteiger partial charge on any atom is -0.496 e. The van der Waals surface area contributed by atoms with Crippen LogP contribution in [0, 0.1) is 5.82 Å². The number of ether oxygens (including phenoxy) is 2. The van der Waals surface area contributed by atoms with Gasteiger partial charge in [0.25, 0.3) is 0 Å². The van der Waals surface area contributed by atoms with Gasteiger partial charge in [0, 0.05) is 11.1 Å². The van der Waals surface area contributed by atoms with Gasteiger partial charge in [-0.3, -0.25) is 0 Å². The molecule has 0 atom stereocenters. The third kappa shape index (κ3) is 3.15. The molecule has 8 heteroatoms. The highest BCUT2D eigenvalue weighted by atomic mass is 19.1. The second-order valence-corrected chi connectivity index (χ2v) is 7.20. The summed E-state index contributed by atoms with van der Waals surface area (Å²) in [6.45, 7) is 0. The molecule has 0 N–H and O–H groups in total. The highest BCUT2D eigenvalue weighted by molar-refractivity contribution is 6.68. The van der Waals surface area contributed by atoms with E-state index in [1.54, 1.807) is 20.3 Å². The maximum Gasteiger partial charge on any atom is 0.139 e. The van der Waals surface area contributed by atoms with Crippen molar-refractivity contribution in [3.8, 4) is 33.8 Å². The lowest BCUT2D eigenvalue weighted by atomic mass is 9.59. The lowest BCUT2D eigenvalue weighted by Gasteiger charge is -2.22. The standard InChI is InChI=1S/C20H22B5FO2/c1-27-11-7-4-8-12(28-2)13(11)9-5-3-6-10(20(9)26)14-15(21)17(23)19(25)18(24)16(14)22/h3-8H,21-25H2,1-2H3. The summed E-state index contributed by atoms with van der Waals surface area (Å²) in [4.78, 5) is 0. The summed E-state index contributed by atoms with van der Waals surface area (Å²) in [6.07, 6.45) is 0. The summed E-state index contributed by atoms with van der Waals surface area (Å²) in [5.41, 5.74) is 8.58. The Labute approximate surface area is 170 Å². The molecule has 0 radical (unpaired) electrons. The molecule has 0 unspecified atom stereocenters. The third-order valence-electron chi connectivity index (χ3n) is 5.97. The molecule has 0 aromatic heterocycles. The van der Waals surface area contributed by atoms with Gasteiger partial charge in [0.1, 0.15) is 56.5 Å². The van der Waals surface area contributed by atoms with E-state index in [2.05, 4.69) is 39.2 Å². The molecule has 28 heavy (non-hydrogen) atoms. The largest absolute Gasteiger partial charge is 0.496 e. The molecule has 0 bridgehead atoms. The van der Waals surface area contributed by atoms with Crippen molar-refractivity contribution >= 4 is 66.5 Å². The van der Waals surface area contributed by atoms with Crippen molar-refractivity contribution in [2.24, 2.45) is 0 Å². The van der Waals surface area contributed by atoms with E-state index in [1.807, 2.05) is 30.3 Å². The van der Waals surface area contributed by atoms with Crippen LogP contribution in [0.4, 0.5) is 4.39 Å². The van der Waals surface area contributed by atoms with Crippen LogP contribution in [0.25, 0.3) is 22.3 Å². The van der Waals surface area contributed by atoms with E-state index in [0.29, 0.717) is 28.2 Å². The monoisotopic (exact) mass is 368 g/mol. The predicted octanol–water partition coefficient (Wildman–Crippen LogP) is -3.53. The maximum atomic E-state index is 15.9. The predicted molar refractivity (Wildman–Crippen MR) is 131 cm³/mol. The van der Waals surface area contributed by atoms with Crippen LogP contribution in [0.3, 0.4) is 0 Å². The lowest BCUT2D eigenvalue weighted by Crippen LogP contribution is -2.55. The van der Waals surface area contributed by atoms with Gasteiger partial charge in [-0.2, -0.15) is 0 Å². The molecule has 3 aromatic rings. The molecular weight excluding hydrogens is 345 g/mol. The SMILES string of the molecule is Bc1c(B)c(B)c(-c2cccc(-c3c(OC)cccc3OC)c2F)c(B)c1B. The van der Waals surface area contributed by atoms with Crippen molar-refractivity contribution in [3.05, 3.63) is 42.2 Å². The van der Waals surface area contributed by atoms with Crippen LogP contribution in [-0.2, 0) is 0 Å². The Morgan fingerprint density at radius 3 is 1.46 bits per heavy atom. The van der Waals surface area contributed by atoms with E-state index in [9.17, 15) is 0 Å². The van der Waals surface area contributed by atoms with Crippen molar-refractivity contribution in [1.29, 1.82) is 0 Å². The summed E-state index contributed by atoms with van der Waals surface area (Å²) in [5.74, 6) is 0.902. The Morgan fingerprint density at radius 1 is 0.607 bits per heavy atom. The van der Waals surface area contributed by atoms with Gasteiger partial charge in [-0.1, -0.05) is 35.2 Å². The first-order valence-electron chi connectivity index (χ1n) is 9.40. The fraction of sp³-hybridized carbons (Fsp3) is 0.100. The minimum absolute atomic E-state index is 0.265. The Bertz CT molecular complexity index is 1020. The summed E-state index contributed by atoms with van der Waals surface area (Å²) in [6, 6.07) is 11.0. The summed E-state index contributed by atoms with van der Waals surface area (Å²) in [5, 5.41) is 0. The molecule has 0 aliphatic rings. The molecule has 0 saturated carbocycles. The van der Waals surface area contributed by atoms with Crippen molar-refractivity contribution in [2.75, 3.05) is 14.2 Å². The Kier molecular flexibility index (Phi) is 5.69. The van der Waals surface area contributed by atoms with Crippen LogP contribution >= 0.6 is 0 Å². The molecule has 3 aromatic carbocycles. The molecule has 0 amide bonds. The topological polar surface area (TPSA) is 18.5 Å². The molecule has 0 heterocycles. The van der Waals surface area contributed by atoms with E-state index in [0.717, 1.165) is 16.5 Å². The first-order valence-corrected chi connectivity index (χ1v) is 9.40. The quantitative estimate of drug-likeness (QED) is 0.445. The van der Waals surface area contributed by atoms with Crippen molar-refractivity contribution in [1.82, 2.24) is 0 Å². The second-order valence-electron chi connectivity index (χ2n) is 7.20. The van der Waals surface area contributed by atoms with Crippen LogP contribution in [0.1, 0.15) is 0 Å². The average Bonchev–Trinajstić information content (AvgIpc) is 2.71. The zero-order valence-corrected chi connectivity index (χ0v) is 17.7. The van der Waals surface area contributed by atoms with Crippen molar-refractivity contribution in [3.63, 3.8) is 0 Å². The van der Waals surface area contributed by atoms with Gasteiger partial charge in [-0.25, -0.2) is 4.39 Å². The molecule has 0 spiro atoms. The summed E-state index contributed by atoms with van der Waals surface area (Å²) >= 11 is 0. The van der Waals surface area contributed by atoms with Gasteiger partial charge in [0.2, 0.25) is 0 Å².